The van der Waals surface area contributed by atoms with Crippen LogP contribution >= 0.6 is 50.3 Å². The Kier molecular flexibility index (Phi) is 8.07. The fraction of sp³-hybridized carbons (Fsp3) is 0.0800. The number of ether oxygens (including phenoxy) is 1. The number of imide groups is 1. The molecule has 0 atom stereocenters. The maximum absolute atomic E-state index is 13.0. The van der Waals surface area contributed by atoms with Crippen LogP contribution < -0.4 is 10.1 Å². The third-order valence-corrected chi connectivity index (χ3v) is 6.92. The Labute approximate surface area is 223 Å². The molecule has 1 N–H and O–H groups in total. The first-order valence-electron chi connectivity index (χ1n) is 10.2. The Balaban J connectivity index is 1.48. The number of nitrogens with one attached hydrogen (secondary N) is 1. The monoisotopic (exact) mass is 648 g/mol. The number of thioether (sulfide) groups is 1. The van der Waals surface area contributed by atoms with E-state index >= 15 is 0 Å². The van der Waals surface area contributed by atoms with Crippen LogP contribution in [-0.2, 0) is 16.1 Å². The second-order valence-corrected chi connectivity index (χ2v) is 10.4. The molecule has 6 nitrogen and oxygen atoms in total. The van der Waals surface area contributed by atoms with Gasteiger partial charge in [0.05, 0.1) is 11.4 Å². The lowest BCUT2D eigenvalue weighted by molar-refractivity contribution is -0.123. The minimum atomic E-state index is -0.360. The van der Waals surface area contributed by atoms with E-state index in [0.717, 1.165) is 25.4 Å². The molecule has 0 aromatic heterocycles. The zero-order chi connectivity index (χ0) is 24.1. The van der Waals surface area contributed by atoms with E-state index in [1.54, 1.807) is 36.4 Å². The van der Waals surface area contributed by atoms with Crippen molar-refractivity contribution in [1.29, 1.82) is 0 Å². The SMILES string of the molecule is O=C(COc1ccc(Br)cc1/C=C1\SC(=O)N(Cc2ccc(I)cc2)C1=O)Nc1ccccc1. The summed E-state index contributed by atoms with van der Waals surface area (Å²) in [6.07, 6.45) is 1.62. The van der Waals surface area contributed by atoms with Crippen LogP contribution in [0.3, 0.4) is 0 Å². The normalized spacial score (nSPS) is 14.5. The zero-order valence-electron chi connectivity index (χ0n) is 17.7. The van der Waals surface area contributed by atoms with Crippen LogP contribution in [0, 0.1) is 3.57 Å². The summed E-state index contributed by atoms with van der Waals surface area (Å²) in [4.78, 5) is 39.3. The van der Waals surface area contributed by atoms with Crippen molar-refractivity contribution in [2.24, 2.45) is 0 Å². The van der Waals surface area contributed by atoms with Gasteiger partial charge < -0.3 is 10.1 Å². The number of halogens is 2. The van der Waals surface area contributed by atoms with Gasteiger partial charge >= 0.3 is 0 Å². The van der Waals surface area contributed by atoms with Gasteiger partial charge in [0, 0.05) is 19.3 Å². The third-order valence-electron chi connectivity index (χ3n) is 4.80. The molecule has 1 aliphatic rings. The van der Waals surface area contributed by atoms with Crippen molar-refractivity contribution in [2.45, 2.75) is 6.54 Å². The number of rotatable bonds is 7. The summed E-state index contributed by atoms with van der Waals surface area (Å²) in [5, 5.41) is 2.44. The maximum Gasteiger partial charge on any atom is 0.293 e. The van der Waals surface area contributed by atoms with Crippen molar-refractivity contribution in [3.8, 4) is 5.75 Å². The van der Waals surface area contributed by atoms with Crippen molar-refractivity contribution >= 4 is 79.1 Å². The number of nitrogens with zero attached hydrogens (tertiary/aromatic N) is 1. The van der Waals surface area contributed by atoms with Crippen LogP contribution in [0.25, 0.3) is 6.08 Å². The molecule has 34 heavy (non-hydrogen) atoms. The van der Waals surface area contributed by atoms with Gasteiger partial charge in [-0.1, -0.05) is 46.3 Å². The van der Waals surface area contributed by atoms with E-state index in [1.165, 1.54) is 4.90 Å². The molecule has 172 valence electrons. The lowest BCUT2D eigenvalue weighted by Crippen LogP contribution is -2.27. The Morgan fingerprint density at radius 1 is 1.06 bits per heavy atom. The average Bonchev–Trinajstić information content (AvgIpc) is 3.08. The van der Waals surface area contributed by atoms with Crippen molar-refractivity contribution < 1.29 is 19.1 Å². The highest BCUT2D eigenvalue weighted by Gasteiger charge is 2.35. The predicted molar refractivity (Wildman–Crippen MR) is 145 cm³/mol. The summed E-state index contributed by atoms with van der Waals surface area (Å²) in [5.74, 6) is -0.241. The van der Waals surface area contributed by atoms with Gasteiger partial charge in [-0.25, -0.2) is 0 Å². The molecule has 0 bridgehead atoms. The first-order chi connectivity index (χ1) is 16.4. The molecule has 1 heterocycles. The molecule has 3 aromatic carbocycles. The first-order valence-corrected chi connectivity index (χ1v) is 12.8. The van der Waals surface area contributed by atoms with E-state index in [4.69, 9.17) is 4.74 Å². The van der Waals surface area contributed by atoms with Crippen LogP contribution in [0.4, 0.5) is 10.5 Å². The molecule has 1 saturated heterocycles. The van der Waals surface area contributed by atoms with Crippen molar-refractivity contribution in [3.05, 3.63) is 96.9 Å². The highest BCUT2D eigenvalue weighted by atomic mass is 127. The number of para-hydroxylation sites is 1. The van der Waals surface area contributed by atoms with Crippen LogP contribution in [0.1, 0.15) is 11.1 Å². The van der Waals surface area contributed by atoms with E-state index in [-0.39, 0.29) is 30.2 Å². The smallest absolute Gasteiger partial charge is 0.293 e. The molecule has 9 heteroatoms. The Hall–Kier alpha value is -2.63. The number of anilines is 1. The lowest BCUT2D eigenvalue weighted by Gasteiger charge is -2.12. The van der Waals surface area contributed by atoms with Crippen LogP contribution in [0.2, 0.25) is 0 Å². The molecule has 0 saturated carbocycles. The van der Waals surface area contributed by atoms with Gasteiger partial charge in [0.2, 0.25) is 0 Å². The molecule has 0 spiro atoms. The number of carbonyl (C=O) groups is 3. The summed E-state index contributed by atoms with van der Waals surface area (Å²) in [7, 11) is 0. The van der Waals surface area contributed by atoms with E-state index in [2.05, 4.69) is 43.8 Å². The van der Waals surface area contributed by atoms with Crippen LogP contribution in [-0.4, -0.2) is 28.6 Å². The summed E-state index contributed by atoms with van der Waals surface area (Å²) in [5.41, 5.74) is 2.13. The Bertz CT molecular complexity index is 1270. The molecular weight excluding hydrogens is 631 g/mol. The van der Waals surface area contributed by atoms with Gasteiger partial charge in [0.25, 0.3) is 17.1 Å². The largest absolute Gasteiger partial charge is 0.483 e. The zero-order valence-corrected chi connectivity index (χ0v) is 22.2. The van der Waals surface area contributed by atoms with Gasteiger partial charge in [-0.05, 0) is 88.5 Å². The minimum Gasteiger partial charge on any atom is -0.483 e. The van der Waals surface area contributed by atoms with E-state index in [0.29, 0.717) is 21.9 Å². The number of hydrogen-bond donors (Lipinski definition) is 1. The van der Waals surface area contributed by atoms with Crippen molar-refractivity contribution in [2.75, 3.05) is 11.9 Å². The Morgan fingerprint density at radius 2 is 1.79 bits per heavy atom. The predicted octanol–water partition coefficient (Wildman–Crippen LogP) is 6.31. The summed E-state index contributed by atoms with van der Waals surface area (Å²) in [6.45, 7) is 0.00603. The minimum absolute atomic E-state index is 0.203. The highest BCUT2D eigenvalue weighted by Crippen LogP contribution is 2.35. The molecule has 1 fully saturated rings. The molecule has 3 amide bonds. The highest BCUT2D eigenvalue weighted by molar-refractivity contribution is 14.1. The van der Waals surface area contributed by atoms with Gasteiger partial charge in [-0.15, -0.1) is 0 Å². The topological polar surface area (TPSA) is 75.7 Å². The molecular formula is C25H18BrIN2O4S. The van der Waals surface area contributed by atoms with Gasteiger partial charge in [0.1, 0.15) is 5.75 Å². The first kappa shape index (κ1) is 24.5. The van der Waals surface area contributed by atoms with Crippen molar-refractivity contribution in [3.63, 3.8) is 0 Å². The third kappa shape index (κ3) is 6.28. The lowest BCUT2D eigenvalue weighted by atomic mass is 10.1. The number of amides is 3. The molecule has 0 aliphatic carbocycles. The standard InChI is InChI=1S/C25H18BrIN2O4S/c26-18-8-11-21(33-15-23(30)28-20-4-2-1-3-5-20)17(12-18)13-22-24(31)29(25(32)34-22)14-16-6-9-19(27)10-7-16/h1-13H,14-15H2,(H,28,30)/b22-13-. The van der Waals surface area contributed by atoms with Gasteiger partial charge in [-0.2, -0.15) is 0 Å². The second kappa shape index (κ2) is 11.2. The fourth-order valence-corrected chi connectivity index (χ4v) is 4.74. The molecule has 4 rings (SSSR count). The average molecular weight is 649 g/mol. The van der Waals surface area contributed by atoms with Gasteiger partial charge in [-0.3, -0.25) is 19.3 Å². The number of benzene rings is 3. The van der Waals surface area contributed by atoms with E-state index in [1.807, 2.05) is 42.5 Å². The molecule has 3 aromatic rings. The van der Waals surface area contributed by atoms with E-state index < -0.39 is 0 Å². The van der Waals surface area contributed by atoms with Crippen molar-refractivity contribution in [1.82, 2.24) is 4.90 Å². The Morgan fingerprint density at radius 3 is 2.53 bits per heavy atom. The molecule has 1 aliphatic heterocycles. The van der Waals surface area contributed by atoms with Crippen LogP contribution in [0.15, 0.2) is 82.2 Å². The second-order valence-electron chi connectivity index (χ2n) is 7.28. The van der Waals surface area contributed by atoms with Crippen LogP contribution in [0.5, 0.6) is 5.75 Å². The quantitative estimate of drug-likeness (QED) is 0.240. The summed E-state index contributed by atoms with van der Waals surface area (Å²) in [6, 6.07) is 22.0. The summed E-state index contributed by atoms with van der Waals surface area (Å²) < 4.78 is 7.59. The molecule has 0 unspecified atom stereocenters. The summed E-state index contributed by atoms with van der Waals surface area (Å²) >= 11 is 6.52. The molecule has 0 radical (unpaired) electrons. The van der Waals surface area contributed by atoms with E-state index in [9.17, 15) is 14.4 Å². The maximum atomic E-state index is 13.0. The van der Waals surface area contributed by atoms with Gasteiger partial charge in [0.15, 0.2) is 6.61 Å². The number of carbonyl (C=O) groups excluding carboxylic acids is 3. The fourth-order valence-electron chi connectivity index (χ4n) is 3.18. The number of hydrogen-bond acceptors (Lipinski definition) is 5.